The van der Waals surface area contributed by atoms with Gasteiger partial charge in [-0.1, -0.05) is 42.5 Å². The summed E-state index contributed by atoms with van der Waals surface area (Å²) >= 11 is 5.51. The number of hydrogen-bond acceptors (Lipinski definition) is 3. The highest BCUT2D eigenvalue weighted by Crippen LogP contribution is 2.37. The Labute approximate surface area is 185 Å². The van der Waals surface area contributed by atoms with Crippen molar-refractivity contribution in [2.75, 3.05) is 38.0 Å². The van der Waals surface area contributed by atoms with Crippen molar-refractivity contribution in [2.45, 2.75) is 31.8 Å². The molecular formula is C25H32N4S. The van der Waals surface area contributed by atoms with E-state index in [1.54, 1.807) is 5.56 Å². The van der Waals surface area contributed by atoms with E-state index < -0.39 is 0 Å². The van der Waals surface area contributed by atoms with Gasteiger partial charge in [-0.2, -0.15) is 0 Å². The lowest BCUT2D eigenvalue weighted by Gasteiger charge is -2.51. The van der Waals surface area contributed by atoms with Gasteiger partial charge in [0.05, 0.1) is 0 Å². The van der Waals surface area contributed by atoms with Crippen LogP contribution in [0.1, 0.15) is 24.0 Å². The Morgan fingerprint density at radius 2 is 1.80 bits per heavy atom. The van der Waals surface area contributed by atoms with Gasteiger partial charge in [0.15, 0.2) is 5.11 Å². The van der Waals surface area contributed by atoms with Gasteiger partial charge in [-0.05, 0) is 73.1 Å². The minimum Gasteiger partial charge on any atom is -0.361 e. The molecule has 0 amide bonds. The molecule has 0 aliphatic carbocycles. The number of fused-ring (bicyclic) bond motifs is 4. The molecule has 0 spiro atoms. The molecule has 4 aliphatic rings. The lowest BCUT2D eigenvalue weighted by Crippen LogP contribution is -2.58. The first kappa shape index (κ1) is 20.0. The first-order valence-corrected chi connectivity index (χ1v) is 11.8. The van der Waals surface area contributed by atoms with E-state index in [0.29, 0.717) is 6.04 Å². The average Bonchev–Trinajstić information content (AvgIpc) is 2.79. The quantitative estimate of drug-likeness (QED) is 0.720. The molecule has 4 atom stereocenters. The fourth-order valence-electron chi connectivity index (χ4n) is 5.62. The molecule has 2 aromatic carbocycles. The zero-order chi connectivity index (χ0) is 20.3. The normalized spacial score (nSPS) is 28.0. The molecule has 6 rings (SSSR count). The average molecular weight is 421 g/mol. The van der Waals surface area contributed by atoms with Gasteiger partial charge >= 0.3 is 0 Å². The van der Waals surface area contributed by atoms with E-state index in [-0.39, 0.29) is 0 Å². The van der Waals surface area contributed by atoms with E-state index in [0.717, 1.165) is 35.7 Å². The van der Waals surface area contributed by atoms with Crippen LogP contribution in [0.3, 0.4) is 0 Å². The van der Waals surface area contributed by atoms with Crippen molar-refractivity contribution in [3.05, 3.63) is 65.7 Å². The topological polar surface area (TPSA) is 30.5 Å². The third-order valence-corrected chi connectivity index (χ3v) is 7.49. The third-order valence-electron chi connectivity index (χ3n) is 7.25. The van der Waals surface area contributed by atoms with Crippen LogP contribution in [0.5, 0.6) is 0 Å². The molecule has 2 bridgehead atoms. The Balaban J connectivity index is 1.11. The molecule has 158 valence electrons. The standard InChI is InChI=1S/C25H32N4S/c30-25(27-23-8-2-1-3-9-23)26-15-24-14-20-11-13-29(24)18-22(20)17-28-12-10-19-6-4-5-7-21(19)16-28/h1-9,20,22,24H,10-18H2,(H2,26,27,30)/t20-,22-,24+/m0/s1. The number of nitrogens with zero attached hydrogens (tertiary/aromatic N) is 2. The fraction of sp³-hybridized carbons (Fsp3) is 0.480. The molecule has 0 radical (unpaired) electrons. The summed E-state index contributed by atoms with van der Waals surface area (Å²) in [5.41, 5.74) is 4.13. The van der Waals surface area contributed by atoms with E-state index >= 15 is 0 Å². The molecular weight excluding hydrogens is 388 g/mol. The van der Waals surface area contributed by atoms with Crippen LogP contribution in [-0.4, -0.2) is 53.7 Å². The molecule has 2 aromatic rings. The van der Waals surface area contributed by atoms with Crippen molar-refractivity contribution in [3.63, 3.8) is 0 Å². The van der Waals surface area contributed by atoms with Crippen molar-refractivity contribution >= 4 is 23.0 Å². The maximum absolute atomic E-state index is 5.51. The number of piperidine rings is 3. The molecule has 0 saturated carbocycles. The van der Waals surface area contributed by atoms with Gasteiger partial charge in [0.1, 0.15) is 0 Å². The van der Waals surface area contributed by atoms with Crippen LogP contribution in [0, 0.1) is 11.8 Å². The molecule has 4 nitrogen and oxygen atoms in total. The molecule has 3 fully saturated rings. The van der Waals surface area contributed by atoms with Crippen molar-refractivity contribution in [2.24, 2.45) is 11.8 Å². The Hall–Kier alpha value is -1.95. The fourth-order valence-corrected chi connectivity index (χ4v) is 5.82. The van der Waals surface area contributed by atoms with Crippen LogP contribution in [-0.2, 0) is 13.0 Å². The molecule has 4 heterocycles. The Morgan fingerprint density at radius 1 is 1.00 bits per heavy atom. The third kappa shape index (κ3) is 4.53. The zero-order valence-corrected chi connectivity index (χ0v) is 18.4. The Morgan fingerprint density at radius 3 is 2.60 bits per heavy atom. The predicted molar refractivity (Wildman–Crippen MR) is 128 cm³/mol. The first-order valence-electron chi connectivity index (χ1n) is 11.4. The largest absolute Gasteiger partial charge is 0.361 e. The van der Waals surface area contributed by atoms with Crippen LogP contribution in [0.2, 0.25) is 0 Å². The van der Waals surface area contributed by atoms with E-state index in [4.69, 9.17) is 12.2 Å². The van der Waals surface area contributed by atoms with Gasteiger partial charge < -0.3 is 10.6 Å². The first-order chi connectivity index (χ1) is 14.7. The number of benzene rings is 2. The number of thiocarbonyl (C=S) groups is 1. The summed E-state index contributed by atoms with van der Waals surface area (Å²) in [5.74, 6) is 1.67. The minimum atomic E-state index is 0.609. The molecule has 30 heavy (non-hydrogen) atoms. The highest BCUT2D eigenvalue weighted by Gasteiger charge is 2.40. The number of anilines is 1. The summed E-state index contributed by atoms with van der Waals surface area (Å²) in [6.07, 6.45) is 3.87. The Kier molecular flexibility index (Phi) is 6.02. The van der Waals surface area contributed by atoms with Crippen LogP contribution >= 0.6 is 12.2 Å². The highest BCUT2D eigenvalue weighted by atomic mass is 32.1. The van der Waals surface area contributed by atoms with Gasteiger partial charge in [0, 0.05) is 44.5 Å². The van der Waals surface area contributed by atoms with Crippen LogP contribution < -0.4 is 10.6 Å². The van der Waals surface area contributed by atoms with E-state index in [1.165, 1.54) is 51.0 Å². The summed E-state index contributed by atoms with van der Waals surface area (Å²) in [4.78, 5) is 5.40. The monoisotopic (exact) mass is 420 g/mol. The second kappa shape index (κ2) is 9.04. The van der Waals surface area contributed by atoms with Crippen molar-refractivity contribution in [1.29, 1.82) is 0 Å². The van der Waals surface area contributed by atoms with Crippen LogP contribution in [0.4, 0.5) is 5.69 Å². The van der Waals surface area contributed by atoms with E-state index in [1.807, 2.05) is 30.3 Å². The van der Waals surface area contributed by atoms with Crippen LogP contribution in [0.15, 0.2) is 54.6 Å². The van der Waals surface area contributed by atoms with Gasteiger partial charge in [-0.15, -0.1) is 0 Å². The number of hydrogen-bond donors (Lipinski definition) is 2. The summed E-state index contributed by atoms with van der Waals surface area (Å²) in [5, 5.41) is 7.48. The summed E-state index contributed by atoms with van der Waals surface area (Å²) in [7, 11) is 0. The Bertz CT molecular complexity index is 870. The highest BCUT2D eigenvalue weighted by molar-refractivity contribution is 7.80. The smallest absolute Gasteiger partial charge is 0.170 e. The lowest BCUT2D eigenvalue weighted by atomic mass is 9.75. The maximum atomic E-state index is 5.51. The van der Waals surface area contributed by atoms with Gasteiger partial charge in [0.25, 0.3) is 0 Å². The number of rotatable bonds is 5. The molecule has 5 heteroatoms. The SMILES string of the molecule is S=C(NC[C@H]1C[C@@H]2CCN1C[C@@H]2CN1CCc2ccccc2C1)Nc1ccccc1. The summed E-state index contributed by atoms with van der Waals surface area (Å²) in [6, 6.07) is 19.7. The molecule has 0 aromatic heterocycles. The second-order valence-electron chi connectivity index (χ2n) is 9.15. The van der Waals surface area contributed by atoms with Crippen molar-refractivity contribution in [1.82, 2.24) is 15.1 Å². The van der Waals surface area contributed by atoms with Crippen LogP contribution in [0.25, 0.3) is 0 Å². The molecule has 4 aliphatic heterocycles. The lowest BCUT2D eigenvalue weighted by molar-refractivity contribution is -0.0120. The van der Waals surface area contributed by atoms with Gasteiger partial charge in [-0.3, -0.25) is 9.80 Å². The second-order valence-corrected chi connectivity index (χ2v) is 9.56. The summed E-state index contributed by atoms with van der Waals surface area (Å²) < 4.78 is 0. The molecule has 2 N–H and O–H groups in total. The maximum Gasteiger partial charge on any atom is 0.170 e. The van der Waals surface area contributed by atoms with Crippen molar-refractivity contribution in [3.8, 4) is 0 Å². The minimum absolute atomic E-state index is 0.609. The zero-order valence-electron chi connectivity index (χ0n) is 17.6. The van der Waals surface area contributed by atoms with Crippen molar-refractivity contribution < 1.29 is 0 Å². The number of para-hydroxylation sites is 1. The van der Waals surface area contributed by atoms with Gasteiger partial charge in [-0.25, -0.2) is 0 Å². The van der Waals surface area contributed by atoms with Gasteiger partial charge in [0.2, 0.25) is 0 Å². The molecule has 1 unspecified atom stereocenters. The van der Waals surface area contributed by atoms with E-state index in [2.05, 4.69) is 44.7 Å². The molecule has 3 saturated heterocycles. The van der Waals surface area contributed by atoms with E-state index in [9.17, 15) is 0 Å². The number of nitrogens with one attached hydrogen (secondary N) is 2. The summed E-state index contributed by atoms with van der Waals surface area (Å²) in [6.45, 7) is 7.03. The predicted octanol–water partition coefficient (Wildman–Crippen LogP) is 3.74.